The smallest absolute Gasteiger partial charge is 0.137 e. The maximum Gasteiger partial charge on any atom is 0.137 e. The Labute approximate surface area is 89.0 Å². The Morgan fingerprint density at radius 2 is 2.27 bits per heavy atom. The number of aromatic nitrogens is 2. The third-order valence-corrected chi connectivity index (χ3v) is 3.20. The van der Waals surface area contributed by atoms with Crippen molar-refractivity contribution >= 4 is 11.0 Å². The molecule has 1 atom stereocenters. The van der Waals surface area contributed by atoms with E-state index >= 15 is 0 Å². The Balaban J connectivity index is 2.09. The SMILES string of the molecule is C1=CCC(c2ccnc3[nH]ccc23)CC1. The standard InChI is InChI=1S/C13H14N2/c1-2-4-10(5-3-1)11-6-8-14-13-12(11)7-9-15-13/h1-2,6-10H,3-5H2,(H,14,15). The summed E-state index contributed by atoms with van der Waals surface area (Å²) in [6, 6.07) is 4.30. The van der Waals surface area contributed by atoms with Gasteiger partial charge in [-0.1, -0.05) is 12.2 Å². The lowest BCUT2D eigenvalue weighted by Crippen LogP contribution is -2.01. The molecule has 0 fully saturated rings. The average Bonchev–Trinajstić information content (AvgIpc) is 2.78. The summed E-state index contributed by atoms with van der Waals surface area (Å²) in [6.07, 6.45) is 12.1. The van der Waals surface area contributed by atoms with Crippen molar-refractivity contribution < 1.29 is 0 Å². The second-order valence-electron chi connectivity index (χ2n) is 4.12. The Morgan fingerprint density at radius 1 is 1.27 bits per heavy atom. The molecule has 2 heterocycles. The average molecular weight is 198 g/mol. The predicted octanol–water partition coefficient (Wildman–Crippen LogP) is 3.39. The number of allylic oxidation sites excluding steroid dienone is 2. The molecular formula is C13H14N2. The zero-order valence-corrected chi connectivity index (χ0v) is 8.61. The van der Waals surface area contributed by atoms with Crippen molar-refractivity contribution in [2.45, 2.75) is 25.2 Å². The molecule has 0 amide bonds. The van der Waals surface area contributed by atoms with Gasteiger partial charge >= 0.3 is 0 Å². The van der Waals surface area contributed by atoms with Crippen LogP contribution in [0, 0.1) is 0 Å². The predicted molar refractivity (Wildman–Crippen MR) is 61.8 cm³/mol. The number of aromatic amines is 1. The van der Waals surface area contributed by atoms with Crippen LogP contribution >= 0.6 is 0 Å². The summed E-state index contributed by atoms with van der Waals surface area (Å²) in [7, 11) is 0. The van der Waals surface area contributed by atoms with Gasteiger partial charge in [-0.2, -0.15) is 0 Å². The van der Waals surface area contributed by atoms with E-state index in [9.17, 15) is 0 Å². The van der Waals surface area contributed by atoms with Gasteiger partial charge in [0.15, 0.2) is 0 Å². The molecule has 2 heteroatoms. The van der Waals surface area contributed by atoms with E-state index in [4.69, 9.17) is 0 Å². The Hall–Kier alpha value is -1.57. The first-order valence-corrected chi connectivity index (χ1v) is 5.52. The quantitative estimate of drug-likeness (QED) is 0.699. The van der Waals surface area contributed by atoms with Crippen LogP contribution in [0.2, 0.25) is 0 Å². The second-order valence-corrected chi connectivity index (χ2v) is 4.12. The highest BCUT2D eigenvalue weighted by Gasteiger charge is 2.15. The van der Waals surface area contributed by atoms with E-state index in [1.165, 1.54) is 30.2 Å². The monoisotopic (exact) mass is 198 g/mol. The molecular weight excluding hydrogens is 184 g/mol. The molecule has 0 bridgehead atoms. The molecule has 0 spiro atoms. The Bertz CT molecular complexity index is 496. The molecule has 0 aliphatic heterocycles. The van der Waals surface area contributed by atoms with Gasteiger partial charge in [-0.05, 0) is 42.9 Å². The third-order valence-electron chi connectivity index (χ3n) is 3.20. The third kappa shape index (κ3) is 1.46. The van der Waals surface area contributed by atoms with E-state index in [1.807, 2.05) is 12.4 Å². The Morgan fingerprint density at radius 3 is 3.13 bits per heavy atom. The molecule has 0 aromatic carbocycles. The van der Waals surface area contributed by atoms with Crippen molar-refractivity contribution in [1.29, 1.82) is 0 Å². The zero-order valence-electron chi connectivity index (χ0n) is 8.61. The van der Waals surface area contributed by atoms with E-state index < -0.39 is 0 Å². The fourth-order valence-corrected chi connectivity index (χ4v) is 2.41. The fourth-order valence-electron chi connectivity index (χ4n) is 2.41. The van der Waals surface area contributed by atoms with Crippen molar-refractivity contribution in [1.82, 2.24) is 9.97 Å². The maximum absolute atomic E-state index is 4.32. The number of H-pyrrole nitrogens is 1. The molecule has 0 radical (unpaired) electrons. The second kappa shape index (κ2) is 3.54. The van der Waals surface area contributed by atoms with Gasteiger partial charge in [-0.15, -0.1) is 0 Å². The summed E-state index contributed by atoms with van der Waals surface area (Å²) in [5.74, 6) is 0.677. The molecule has 2 aromatic rings. The van der Waals surface area contributed by atoms with E-state index in [-0.39, 0.29) is 0 Å². The van der Waals surface area contributed by atoms with Gasteiger partial charge in [0.25, 0.3) is 0 Å². The summed E-state index contributed by atoms with van der Waals surface area (Å²) in [6.45, 7) is 0. The highest BCUT2D eigenvalue weighted by atomic mass is 14.8. The van der Waals surface area contributed by atoms with Gasteiger partial charge in [0.2, 0.25) is 0 Å². The molecule has 1 N–H and O–H groups in total. The molecule has 3 rings (SSSR count). The number of rotatable bonds is 1. The molecule has 1 aliphatic carbocycles. The van der Waals surface area contributed by atoms with Crippen LogP contribution in [-0.2, 0) is 0 Å². The van der Waals surface area contributed by atoms with Crippen LogP contribution in [0.1, 0.15) is 30.7 Å². The topological polar surface area (TPSA) is 28.7 Å². The minimum absolute atomic E-state index is 0.677. The normalized spacial score (nSPS) is 20.9. The van der Waals surface area contributed by atoms with Crippen LogP contribution in [0.15, 0.2) is 36.7 Å². The molecule has 15 heavy (non-hydrogen) atoms. The van der Waals surface area contributed by atoms with Gasteiger partial charge in [0.1, 0.15) is 5.65 Å². The molecule has 76 valence electrons. The minimum Gasteiger partial charge on any atom is -0.346 e. The number of nitrogens with one attached hydrogen (secondary N) is 1. The van der Waals surface area contributed by atoms with E-state index in [0.717, 1.165) is 5.65 Å². The molecule has 1 aliphatic rings. The lowest BCUT2D eigenvalue weighted by Gasteiger charge is -2.18. The number of hydrogen-bond donors (Lipinski definition) is 1. The van der Waals surface area contributed by atoms with Gasteiger partial charge in [0.05, 0.1) is 0 Å². The maximum atomic E-state index is 4.32. The number of pyridine rings is 1. The highest BCUT2D eigenvalue weighted by Crippen LogP contribution is 2.32. The Kier molecular flexibility index (Phi) is 2.05. The molecule has 2 nitrogen and oxygen atoms in total. The number of nitrogens with zero attached hydrogens (tertiary/aromatic N) is 1. The molecule has 0 saturated heterocycles. The summed E-state index contributed by atoms with van der Waals surface area (Å²) in [4.78, 5) is 7.49. The summed E-state index contributed by atoms with van der Waals surface area (Å²) >= 11 is 0. The van der Waals surface area contributed by atoms with Crippen molar-refractivity contribution in [3.05, 3.63) is 42.2 Å². The largest absolute Gasteiger partial charge is 0.346 e. The van der Waals surface area contributed by atoms with Crippen molar-refractivity contribution in [3.63, 3.8) is 0 Å². The van der Waals surface area contributed by atoms with E-state index in [0.29, 0.717) is 5.92 Å². The van der Waals surface area contributed by atoms with E-state index in [1.54, 1.807) is 0 Å². The molecule has 2 aromatic heterocycles. The number of hydrogen-bond acceptors (Lipinski definition) is 1. The lowest BCUT2D eigenvalue weighted by atomic mass is 9.87. The van der Waals surface area contributed by atoms with Crippen LogP contribution in [0.5, 0.6) is 0 Å². The first-order chi connectivity index (χ1) is 7.45. The summed E-state index contributed by atoms with van der Waals surface area (Å²) in [5.41, 5.74) is 2.47. The van der Waals surface area contributed by atoms with Gasteiger partial charge in [0, 0.05) is 17.8 Å². The summed E-state index contributed by atoms with van der Waals surface area (Å²) < 4.78 is 0. The zero-order chi connectivity index (χ0) is 10.1. The first-order valence-electron chi connectivity index (χ1n) is 5.52. The van der Waals surface area contributed by atoms with Gasteiger partial charge < -0.3 is 4.98 Å². The van der Waals surface area contributed by atoms with Crippen LogP contribution in [-0.4, -0.2) is 9.97 Å². The van der Waals surface area contributed by atoms with Crippen LogP contribution < -0.4 is 0 Å². The van der Waals surface area contributed by atoms with E-state index in [2.05, 4.69) is 34.3 Å². The van der Waals surface area contributed by atoms with Crippen molar-refractivity contribution in [2.75, 3.05) is 0 Å². The van der Waals surface area contributed by atoms with Crippen LogP contribution in [0.25, 0.3) is 11.0 Å². The minimum atomic E-state index is 0.677. The first kappa shape index (κ1) is 8.72. The summed E-state index contributed by atoms with van der Waals surface area (Å²) in [5, 5.41) is 1.29. The molecule has 1 unspecified atom stereocenters. The van der Waals surface area contributed by atoms with Crippen molar-refractivity contribution in [2.24, 2.45) is 0 Å². The fraction of sp³-hybridized carbons (Fsp3) is 0.308. The van der Waals surface area contributed by atoms with Crippen LogP contribution in [0.3, 0.4) is 0 Å². The van der Waals surface area contributed by atoms with Gasteiger partial charge in [-0.3, -0.25) is 0 Å². The molecule has 0 saturated carbocycles. The van der Waals surface area contributed by atoms with Gasteiger partial charge in [-0.25, -0.2) is 4.98 Å². The number of fused-ring (bicyclic) bond motifs is 1. The van der Waals surface area contributed by atoms with Crippen LogP contribution in [0.4, 0.5) is 0 Å². The van der Waals surface area contributed by atoms with Crippen molar-refractivity contribution in [3.8, 4) is 0 Å². The lowest BCUT2D eigenvalue weighted by molar-refractivity contribution is 0.621. The highest BCUT2D eigenvalue weighted by molar-refractivity contribution is 5.79.